The Balaban J connectivity index is 1.78. The van der Waals surface area contributed by atoms with Gasteiger partial charge in [-0.15, -0.1) is 0 Å². The summed E-state index contributed by atoms with van der Waals surface area (Å²) in [5.41, 5.74) is 3.58. The molecule has 0 amide bonds. The van der Waals surface area contributed by atoms with E-state index in [4.69, 9.17) is 0 Å². The molecule has 0 bridgehead atoms. The molecule has 24 heavy (non-hydrogen) atoms. The lowest BCUT2D eigenvalue weighted by Gasteiger charge is -2.11. The lowest BCUT2D eigenvalue weighted by atomic mass is 10.2. The predicted molar refractivity (Wildman–Crippen MR) is 97.2 cm³/mol. The van der Waals surface area contributed by atoms with E-state index in [1.165, 1.54) is 11.3 Å². The molecule has 3 aromatic rings. The molecule has 6 nitrogen and oxygen atoms in total. The smallest absolute Gasteiger partial charge is 0.145 e. The van der Waals surface area contributed by atoms with Crippen LogP contribution in [0.4, 0.5) is 5.82 Å². The second-order valence-electron chi connectivity index (χ2n) is 6.72. The zero-order chi connectivity index (χ0) is 17.1. The van der Waals surface area contributed by atoms with Crippen molar-refractivity contribution in [2.24, 2.45) is 5.92 Å². The van der Waals surface area contributed by atoms with Crippen molar-refractivity contribution < 1.29 is 0 Å². The molecule has 3 heterocycles. The Kier molecular flexibility index (Phi) is 4.83. The summed E-state index contributed by atoms with van der Waals surface area (Å²) in [7, 11) is 0. The van der Waals surface area contributed by atoms with Crippen LogP contribution in [0.15, 0.2) is 25.0 Å². The number of anilines is 1. The van der Waals surface area contributed by atoms with Crippen LogP contribution in [0.5, 0.6) is 0 Å². The molecule has 3 aromatic heterocycles. The number of aromatic nitrogens is 5. The Morgan fingerprint density at radius 1 is 1.21 bits per heavy atom. The van der Waals surface area contributed by atoms with Gasteiger partial charge in [0, 0.05) is 37.7 Å². The lowest BCUT2D eigenvalue weighted by Crippen LogP contribution is -2.09. The van der Waals surface area contributed by atoms with Crippen molar-refractivity contribution in [3.63, 3.8) is 0 Å². The van der Waals surface area contributed by atoms with Gasteiger partial charge in [-0.1, -0.05) is 13.8 Å². The van der Waals surface area contributed by atoms with Crippen molar-refractivity contribution in [2.45, 2.75) is 47.2 Å². The van der Waals surface area contributed by atoms with E-state index in [-0.39, 0.29) is 0 Å². The Bertz CT molecular complexity index is 801. The number of imidazole rings is 1. The van der Waals surface area contributed by atoms with E-state index in [0.29, 0.717) is 5.92 Å². The van der Waals surface area contributed by atoms with Gasteiger partial charge in [-0.05, 0) is 31.7 Å². The molecule has 0 saturated heterocycles. The van der Waals surface area contributed by atoms with Crippen molar-refractivity contribution in [1.29, 1.82) is 0 Å². The Morgan fingerprint density at radius 2 is 2.04 bits per heavy atom. The second-order valence-corrected chi connectivity index (χ2v) is 6.72. The van der Waals surface area contributed by atoms with E-state index in [1.807, 2.05) is 18.7 Å². The summed E-state index contributed by atoms with van der Waals surface area (Å²) >= 11 is 0. The second kappa shape index (κ2) is 7.03. The molecule has 0 aliphatic carbocycles. The van der Waals surface area contributed by atoms with Crippen LogP contribution in [0.2, 0.25) is 0 Å². The maximum absolute atomic E-state index is 4.54. The summed E-state index contributed by atoms with van der Waals surface area (Å²) in [4.78, 5) is 13.1. The van der Waals surface area contributed by atoms with Gasteiger partial charge in [0.15, 0.2) is 0 Å². The molecule has 128 valence electrons. The molecule has 0 spiro atoms. The predicted octanol–water partition coefficient (Wildman–Crippen LogP) is 3.40. The van der Waals surface area contributed by atoms with Crippen molar-refractivity contribution >= 4 is 16.9 Å². The van der Waals surface area contributed by atoms with Crippen LogP contribution in [0.3, 0.4) is 0 Å². The van der Waals surface area contributed by atoms with E-state index in [9.17, 15) is 0 Å². The zero-order valence-electron chi connectivity index (χ0n) is 15.0. The Morgan fingerprint density at radius 3 is 2.75 bits per heavy atom. The third-order valence-electron chi connectivity index (χ3n) is 4.40. The maximum Gasteiger partial charge on any atom is 0.145 e. The van der Waals surface area contributed by atoms with E-state index in [2.05, 4.69) is 57.1 Å². The Labute approximate surface area is 143 Å². The average molecular weight is 326 g/mol. The van der Waals surface area contributed by atoms with E-state index < -0.39 is 0 Å². The van der Waals surface area contributed by atoms with E-state index >= 15 is 0 Å². The topological polar surface area (TPSA) is 60.6 Å². The van der Waals surface area contributed by atoms with Crippen LogP contribution in [-0.4, -0.2) is 30.6 Å². The van der Waals surface area contributed by atoms with Crippen LogP contribution in [0, 0.1) is 19.8 Å². The summed E-state index contributed by atoms with van der Waals surface area (Å²) in [6.45, 7) is 11.6. The minimum atomic E-state index is 0.584. The zero-order valence-corrected chi connectivity index (χ0v) is 15.0. The molecular formula is C18H26N6. The average Bonchev–Trinajstić information content (AvgIpc) is 3.15. The first-order valence-corrected chi connectivity index (χ1v) is 8.58. The van der Waals surface area contributed by atoms with Crippen molar-refractivity contribution in [1.82, 2.24) is 24.1 Å². The minimum Gasteiger partial charge on any atom is -0.369 e. The van der Waals surface area contributed by atoms with Gasteiger partial charge >= 0.3 is 0 Å². The van der Waals surface area contributed by atoms with Gasteiger partial charge in [-0.25, -0.2) is 15.0 Å². The molecular weight excluding hydrogens is 300 g/mol. The molecule has 6 heteroatoms. The van der Waals surface area contributed by atoms with Crippen molar-refractivity contribution in [3.05, 3.63) is 36.3 Å². The normalized spacial score (nSPS) is 11.5. The molecule has 1 N–H and O–H groups in total. The highest BCUT2D eigenvalue weighted by Gasteiger charge is 2.16. The molecule has 0 aliphatic heterocycles. The Hall–Kier alpha value is -2.37. The summed E-state index contributed by atoms with van der Waals surface area (Å²) in [5.74, 6) is 1.52. The fraction of sp³-hybridized carbons (Fsp3) is 0.500. The largest absolute Gasteiger partial charge is 0.369 e. The number of fused-ring (bicyclic) bond motifs is 1. The number of rotatable bonds is 7. The summed E-state index contributed by atoms with van der Waals surface area (Å²) in [6, 6.07) is 0. The first-order chi connectivity index (χ1) is 11.6. The molecule has 0 atom stereocenters. The number of hydrogen-bond donors (Lipinski definition) is 1. The fourth-order valence-corrected chi connectivity index (χ4v) is 3.08. The van der Waals surface area contributed by atoms with Crippen molar-refractivity contribution in [2.75, 3.05) is 11.9 Å². The van der Waals surface area contributed by atoms with E-state index in [0.717, 1.165) is 42.9 Å². The SMILES string of the molecule is Cc1c(C)n(CC(C)C)c2ncnc(NCCCn3ccnc3)c12. The quantitative estimate of drug-likeness (QED) is 0.676. The van der Waals surface area contributed by atoms with Gasteiger partial charge in [-0.3, -0.25) is 0 Å². The molecule has 0 saturated carbocycles. The van der Waals surface area contributed by atoms with Gasteiger partial charge in [0.25, 0.3) is 0 Å². The third kappa shape index (κ3) is 3.27. The maximum atomic E-state index is 4.54. The number of nitrogens with one attached hydrogen (secondary N) is 1. The van der Waals surface area contributed by atoms with Crippen LogP contribution in [0.1, 0.15) is 31.5 Å². The first kappa shape index (κ1) is 16.5. The molecule has 0 aromatic carbocycles. The fourth-order valence-electron chi connectivity index (χ4n) is 3.08. The van der Waals surface area contributed by atoms with E-state index in [1.54, 1.807) is 6.33 Å². The van der Waals surface area contributed by atoms with Gasteiger partial charge in [0.05, 0.1) is 11.7 Å². The number of nitrogens with zero attached hydrogens (tertiary/aromatic N) is 5. The van der Waals surface area contributed by atoms with Crippen LogP contribution >= 0.6 is 0 Å². The molecule has 3 rings (SSSR count). The van der Waals surface area contributed by atoms with Gasteiger partial charge in [-0.2, -0.15) is 0 Å². The molecule has 0 unspecified atom stereocenters. The highest BCUT2D eigenvalue weighted by atomic mass is 15.1. The highest BCUT2D eigenvalue weighted by Crippen LogP contribution is 2.29. The highest BCUT2D eigenvalue weighted by molar-refractivity contribution is 5.91. The standard InChI is InChI=1S/C18H26N6/c1-13(2)10-24-15(4)14(3)16-17(21-11-22-18(16)24)20-6-5-8-23-9-7-19-12-23/h7,9,11-13H,5-6,8,10H2,1-4H3,(H,20,21,22). The minimum absolute atomic E-state index is 0.584. The van der Waals surface area contributed by atoms with Gasteiger partial charge < -0.3 is 14.5 Å². The number of hydrogen-bond acceptors (Lipinski definition) is 4. The summed E-state index contributed by atoms with van der Waals surface area (Å²) < 4.78 is 4.40. The van der Waals surface area contributed by atoms with Crippen LogP contribution in [0.25, 0.3) is 11.0 Å². The van der Waals surface area contributed by atoms with Crippen molar-refractivity contribution in [3.8, 4) is 0 Å². The summed E-state index contributed by atoms with van der Waals surface area (Å²) in [6.07, 6.45) is 8.33. The molecule has 0 radical (unpaired) electrons. The van der Waals surface area contributed by atoms with Gasteiger partial charge in [0.1, 0.15) is 17.8 Å². The van der Waals surface area contributed by atoms with Crippen LogP contribution < -0.4 is 5.32 Å². The first-order valence-electron chi connectivity index (χ1n) is 8.58. The number of aryl methyl sites for hydroxylation is 2. The molecule has 0 fully saturated rings. The lowest BCUT2D eigenvalue weighted by molar-refractivity contribution is 0.524. The summed E-state index contributed by atoms with van der Waals surface area (Å²) in [5, 5.41) is 4.64. The van der Waals surface area contributed by atoms with Gasteiger partial charge in [0.2, 0.25) is 0 Å². The van der Waals surface area contributed by atoms with Crippen LogP contribution in [-0.2, 0) is 13.1 Å². The molecule has 0 aliphatic rings. The third-order valence-corrected chi connectivity index (χ3v) is 4.40. The monoisotopic (exact) mass is 326 g/mol.